The molecule has 7 nitrogen and oxygen atoms in total. The summed E-state index contributed by atoms with van der Waals surface area (Å²) in [6.07, 6.45) is 39.6. The first kappa shape index (κ1) is 67.3. The van der Waals surface area contributed by atoms with E-state index in [4.69, 9.17) is 14.2 Å². The molecular weight excluding hydrogens is 1110 g/mol. The summed E-state index contributed by atoms with van der Waals surface area (Å²) in [6.45, 7) is 8.82. The first-order valence-corrected chi connectivity index (χ1v) is 35.5. The zero-order chi connectivity index (χ0) is 62.7. The Balaban J connectivity index is 1.04. The van der Waals surface area contributed by atoms with Gasteiger partial charge >= 0.3 is 0 Å². The molecule has 0 aromatic heterocycles. The van der Waals surface area contributed by atoms with Crippen LogP contribution in [0.5, 0.6) is 17.2 Å². The highest BCUT2D eigenvalue weighted by Crippen LogP contribution is 2.43. The van der Waals surface area contributed by atoms with E-state index in [0.717, 1.165) is 98.9 Å². The average Bonchev–Trinajstić information content (AvgIpc) is 0.709. The molecule has 0 N–H and O–H groups in total. The zero-order valence-electron chi connectivity index (χ0n) is 54.9. The van der Waals surface area contributed by atoms with Crippen LogP contribution in [0.15, 0.2) is 147 Å². The maximum Gasteiger partial charge on any atom is 0.187 e. The highest BCUT2D eigenvalue weighted by atomic mass is 16.5. The lowest BCUT2D eigenvalue weighted by atomic mass is 9.83. The molecule has 90 heavy (non-hydrogen) atoms. The van der Waals surface area contributed by atoms with E-state index in [9.17, 15) is 19.2 Å². The maximum absolute atomic E-state index is 14.7. The Morgan fingerprint density at radius 3 is 0.789 bits per heavy atom. The molecule has 0 aliphatic heterocycles. The predicted molar refractivity (Wildman–Crippen MR) is 381 cm³/mol. The fraction of sp³-hybridized carbons (Fsp3) is 0.470. The summed E-state index contributed by atoms with van der Waals surface area (Å²) in [4.78, 5) is 57.8. The molecule has 0 atom stereocenters. The SMILES string of the molecule is CCCCCCCCCCCCOc1ccc(Cc2cc3c(=O)ccc(=O)c3c3c2ccc2c(Cc4ccc(OCCCCCCCCCCCC)cc4)cc4c(Cc5ccc(OCCCCCCCCCCCC)cc5)cc5c(=O)ccc(=O)c5c4c23)cc1. The molecule has 9 aromatic carbocycles. The molecule has 0 radical (unpaired) electrons. The number of unbranched alkanes of at least 4 members (excludes halogenated alkanes) is 27. The number of hydrogen-bond donors (Lipinski definition) is 0. The molecular formula is C83H102O7. The molecule has 7 heteroatoms. The Morgan fingerprint density at radius 2 is 0.478 bits per heavy atom. The van der Waals surface area contributed by atoms with Crippen molar-refractivity contribution in [3.8, 4) is 17.2 Å². The van der Waals surface area contributed by atoms with Crippen molar-refractivity contribution in [2.45, 2.75) is 233 Å². The third-order valence-electron chi connectivity index (χ3n) is 18.8. The van der Waals surface area contributed by atoms with Gasteiger partial charge in [-0.15, -0.1) is 0 Å². The molecule has 0 saturated heterocycles. The van der Waals surface area contributed by atoms with Gasteiger partial charge in [0.1, 0.15) is 17.2 Å². The number of fused-ring (bicyclic) bond motifs is 9. The van der Waals surface area contributed by atoms with Crippen LogP contribution >= 0.6 is 0 Å². The van der Waals surface area contributed by atoms with E-state index in [1.165, 1.54) is 185 Å². The molecule has 0 unspecified atom stereocenters. The minimum Gasteiger partial charge on any atom is -0.494 e. The summed E-state index contributed by atoms with van der Waals surface area (Å²) < 4.78 is 18.8. The number of benzene rings is 9. The summed E-state index contributed by atoms with van der Waals surface area (Å²) in [6, 6.07) is 40.6. The zero-order valence-corrected chi connectivity index (χ0v) is 54.9. The fourth-order valence-electron chi connectivity index (χ4n) is 13.6. The number of hydrogen-bond acceptors (Lipinski definition) is 7. The Hall–Kier alpha value is -7.12. The second-order valence-corrected chi connectivity index (χ2v) is 26.0. The largest absolute Gasteiger partial charge is 0.494 e. The van der Waals surface area contributed by atoms with Gasteiger partial charge in [-0.05, 0) is 172 Å². The monoisotopic (exact) mass is 1210 g/mol. The van der Waals surface area contributed by atoms with Crippen LogP contribution in [0.25, 0.3) is 53.9 Å². The van der Waals surface area contributed by atoms with Crippen molar-refractivity contribution in [2.24, 2.45) is 0 Å². The highest BCUT2D eigenvalue weighted by molar-refractivity contribution is 6.33. The fourth-order valence-corrected chi connectivity index (χ4v) is 13.6. The van der Waals surface area contributed by atoms with Crippen molar-refractivity contribution in [2.75, 3.05) is 19.8 Å². The van der Waals surface area contributed by atoms with E-state index in [1.54, 1.807) is 0 Å². The Morgan fingerprint density at radius 1 is 0.233 bits per heavy atom. The van der Waals surface area contributed by atoms with Crippen LogP contribution in [0.3, 0.4) is 0 Å². The molecule has 476 valence electrons. The van der Waals surface area contributed by atoms with Crippen LogP contribution < -0.4 is 35.9 Å². The molecule has 0 spiro atoms. The van der Waals surface area contributed by atoms with Crippen molar-refractivity contribution < 1.29 is 14.2 Å². The van der Waals surface area contributed by atoms with E-state index in [0.29, 0.717) is 76.8 Å². The van der Waals surface area contributed by atoms with Gasteiger partial charge in [0.25, 0.3) is 0 Å². The minimum atomic E-state index is -0.271. The van der Waals surface area contributed by atoms with Crippen molar-refractivity contribution in [1.29, 1.82) is 0 Å². The smallest absolute Gasteiger partial charge is 0.187 e. The first-order valence-electron chi connectivity index (χ1n) is 35.5. The molecule has 0 fully saturated rings. The Kier molecular flexibility index (Phi) is 27.0. The minimum absolute atomic E-state index is 0.246. The van der Waals surface area contributed by atoms with Gasteiger partial charge in [-0.1, -0.05) is 243 Å². The van der Waals surface area contributed by atoms with Gasteiger partial charge < -0.3 is 14.2 Å². The summed E-state index contributed by atoms with van der Waals surface area (Å²) in [5.74, 6) is 2.49. The summed E-state index contributed by atoms with van der Waals surface area (Å²) in [7, 11) is 0. The lowest BCUT2D eigenvalue weighted by Crippen LogP contribution is -2.12. The van der Waals surface area contributed by atoms with Crippen LogP contribution in [0.2, 0.25) is 0 Å². The van der Waals surface area contributed by atoms with Gasteiger partial charge in [-0.3, -0.25) is 19.2 Å². The van der Waals surface area contributed by atoms with Crippen LogP contribution in [0.1, 0.15) is 247 Å². The van der Waals surface area contributed by atoms with E-state index in [-0.39, 0.29) is 21.7 Å². The normalized spacial score (nSPS) is 11.7. The first-order chi connectivity index (χ1) is 44.2. The highest BCUT2D eigenvalue weighted by Gasteiger charge is 2.23. The van der Waals surface area contributed by atoms with Crippen molar-refractivity contribution in [3.63, 3.8) is 0 Å². The molecule has 0 saturated carbocycles. The van der Waals surface area contributed by atoms with Crippen LogP contribution in [0.4, 0.5) is 0 Å². The molecule has 0 heterocycles. The van der Waals surface area contributed by atoms with Crippen LogP contribution in [-0.2, 0) is 19.3 Å². The maximum atomic E-state index is 14.7. The second-order valence-electron chi connectivity index (χ2n) is 26.0. The lowest BCUT2D eigenvalue weighted by Gasteiger charge is -2.20. The van der Waals surface area contributed by atoms with Gasteiger partial charge in [0.05, 0.1) is 19.8 Å². The van der Waals surface area contributed by atoms with Crippen molar-refractivity contribution in [3.05, 3.63) is 202 Å². The van der Waals surface area contributed by atoms with Crippen LogP contribution in [-0.4, -0.2) is 19.8 Å². The van der Waals surface area contributed by atoms with E-state index in [2.05, 4.69) is 87.5 Å². The summed E-state index contributed by atoms with van der Waals surface area (Å²) in [5, 5.41) is 5.77. The molecule has 0 aliphatic rings. The Labute approximate surface area is 536 Å². The van der Waals surface area contributed by atoms with Gasteiger partial charge in [-0.2, -0.15) is 0 Å². The molecule has 0 amide bonds. The van der Waals surface area contributed by atoms with Gasteiger partial charge in [0.15, 0.2) is 21.7 Å². The summed E-state index contributed by atoms with van der Waals surface area (Å²) >= 11 is 0. The number of rotatable bonds is 42. The molecule has 0 aliphatic carbocycles. The van der Waals surface area contributed by atoms with Crippen molar-refractivity contribution in [1.82, 2.24) is 0 Å². The average molecular weight is 1210 g/mol. The van der Waals surface area contributed by atoms with Crippen LogP contribution in [0, 0.1) is 0 Å². The van der Waals surface area contributed by atoms with E-state index >= 15 is 0 Å². The predicted octanol–water partition coefficient (Wildman–Crippen LogP) is 21.4. The lowest BCUT2D eigenvalue weighted by molar-refractivity contribution is 0.304. The third kappa shape index (κ3) is 19.0. The topological polar surface area (TPSA) is 96.0 Å². The Bertz CT molecular complexity index is 3810. The standard InChI is InChI=1S/C83H102O7/c1-4-7-10-13-16-19-22-25-28-31-52-88-67-40-34-61(35-41-67)55-64-58-72-66(57-63-38-44-69(45-39-63)90-54-33-30-27-24-21-18-15-12-9-6-3)60-74-76(85)49-51-78(87)80(74)83(72)82-71(64)47-46-70-65(59-73-75(84)48-50-77(86)79(73)81(70)82)56-62-36-42-68(43-37-62)89-53-32-29-26-23-20-17-14-11-8-5-2/h34-51,58-60H,4-33,52-57H2,1-3H3. The van der Waals surface area contributed by atoms with Gasteiger partial charge in [-0.25, -0.2) is 0 Å². The third-order valence-corrected chi connectivity index (χ3v) is 18.8. The molecule has 9 rings (SSSR count). The molecule has 0 bridgehead atoms. The van der Waals surface area contributed by atoms with Gasteiger partial charge in [0.2, 0.25) is 0 Å². The number of ether oxygens (including phenoxy) is 3. The summed E-state index contributed by atoms with van der Waals surface area (Å²) in [5.41, 5.74) is 4.87. The van der Waals surface area contributed by atoms with E-state index < -0.39 is 0 Å². The second kappa shape index (κ2) is 36.1. The van der Waals surface area contributed by atoms with E-state index in [1.807, 2.05) is 36.4 Å². The van der Waals surface area contributed by atoms with Gasteiger partial charge in [0, 0.05) is 32.3 Å². The molecule has 9 aromatic rings. The van der Waals surface area contributed by atoms with Crippen molar-refractivity contribution >= 4 is 53.9 Å². The quantitative estimate of drug-likeness (QED) is 0.0278.